The fourth-order valence-electron chi connectivity index (χ4n) is 4.01. The van der Waals surface area contributed by atoms with Crippen molar-refractivity contribution in [3.8, 4) is 11.5 Å². The lowest BCUT2D eigenvalue weighted by Crippen LogP contribution is -2.40. The molecule has 0 N–H and O–H groups in total. The summed E-state index contributed by atoms with van der Waals surface area (Å²) in [5, 5.41) is 11.4. The second kappa shape index (κ2) is 10.2. The van der Waals surface area contributed by atoms with Gasteiger partial charge in [-0.15, -0.1) is 0 Å². The van der Waals surface area contributed by atoms with E-state index in [1.54, 1.807) is 44.2 Å². The highest BCUT2D eigenvalue weighted by Crippen LogP contribution is 2.32. The zero-order valence-electron chi connectivity index (χ0n) is 20.0. The van der Waals surface area contributed by atoms with Crippen molar-refractivity contribution in [1.82, 2.24) is 4.57 Å². The van der Waals surface area contributed by atoms with E-state index in [9.17, 15) is 19.7 Å². The molecule has 1 aliphatic heterocycles. The molecule has 2 heterocycles. The minimum Gasteiger partial charge on any atom is -0.493 e. The summed E-state index contributed by atoms with van der Waals surface area (Å²) in [4.78, 5) is 42.4. The van der Waals surface area contributed by atoms with E-state index in [0.29, 0.717) is 37.7 Å². The topological polar surface area (TPSA) is 122 Å². The van der Waals surface area contributed by atoms with Crippen LogP contribution in [-0.4, -0.2) is 36.3 Å². The molecule has 11 heteroatoms. The van der Waals surface area contributed by atoms with Crippen LogP contribution in [0.15, 0.2) is 63.5 Å². The van der Waals surface area contributed by atoms with Gasteiger partial charge in [-0.2, -0.15) is 0 Å². The van der Waals surface area contributed by atoms with E-state index >= 15 is 0 Å². The number of allylic oxidation sites excluding steroid dienone is 1. The standard InChI is InChI=1S/C25H23N3O7S/c1-5-35-24(30)21-14(2)26-25-27(22(21)16-7-6-8-17(13-16)28(31)32)23(29)20(36-25)12-15-9-10-18(33-3)19(11-15)34-4/h6-13,22H,5H2,1-4H3/b20-12+. The molecular formula is C25H23N3O7S. The first-order valence-electron chi connectivity index (χ1n) is 10.9. The Hall–Kier alpha value is -4.25. The number of ether oxygens (including phenoxy) is 3. The van der Waals surface area contributed by atoms with Crippen LogP contribution in [-0.2, 0) is 9.53 Å². The molecule has 36 heavy (non-hydrogen) atoms. The van der Waals surface area contributed by atoms with Crippen LogP contribution in [0.3, 0.4) is 0 Å². The van der Waals surface area contributed by atoms with E-state index < -0.39 is 16.9 Å². The number of methoxy groups -OCH3 is 2. The van der Waals surface area contributed by atoms with E-state index in [4.69, 9.17) is 14.2 Å². The van der Waals surface area contributed by atoms with E-state index in [1.165, 1.54) is 37.0 Å². The smallest absolute Gasteiger partial charge is 0.338 e. The number of non-ortho nitro benzene ring substituents is 1. The predicted molar refractivity (Wildman–Crippen MR) is 133 cm³/mol. The van der Waals surface area contributed by atoms with Gasteiger partial charge in [0.15, 0.2) is 16.3 Å². The van der Waals surface area contributed by atoms with Crippen molar-refractivity contribution < 1.29 is 23.9 Å². The molecule has 0 fully saturated rings. The van der Waals surface area contributed by atoms with Crippen LogP contribution < -0.4 is 24.4 Å². The summed E-state index contributed by atoms with van der Waals surface area (Å²) in [6.07, 6.45) is 1.69. The molecule has 10 nitrogen and oxygen atoms in total. The number of nitrogens with zero attached hydrogens (tertiary/aromatic N) is 3. The maximum atomic E-state index is 13.6. The Morgan fingerprint density at radius 2 is 1.94 bits per heavy atom. The zero-order chi connectivity index (χ0) is 26.0. The van der Waals surface area contributed by atoms with Gasteiger partial charge in [0.05, 0.1) is 47.6 Å². The van der Waals surface area contributed by atoms with Gasteiger partial charge >= 0.3 is 5.97 Å². The van der Waals surface area contributed by atoms with Gasteiger partial charge in [0.1, 0.15) is 0 Å². The Kier molecular flexibility index (Phi) is 7.02. The summed E-state index contributed by atoms with van der Waals surface area (Å²) in [6.45, 7) is 3.46. The minimum atomic E-state index is -0.937. The maximum Gasteiger partial charge on any atom is 0.338 e. The Balaban J connectivity index is 1.95. The lowest BCUT2D eigenvalue weighted by molar-refractivity contribution is -0.384. The second-order valence-corrected chi connectivity index (χ2v) is 8.78. The monoisotopic (exact) mass is 509 g/mol. The van der Waals surface area contributed by atoms with Crippen LogP contribution in [0.4, 0.5) is 5.69 Å². The number of benzene rings is 2. The number of carbonyl (C=O) groups excluding carboxylic acids is 1. The summed E-state index contributed by atoms with van der Waals surface area (Å²) in [6, 6.07) is 10.2. The van der Waals surface area contributed by atoms with Crippen LogP contribution in [0.2, 0.25) is 0 Å². The van der Waals surface area contributed by atoms with Crippen molar-refractivity contribution in [1.29, 1.82) is 0 Å². The molecule has 0 saturated heterocycles. The molecule has 2 aromatic carbocycles. The number of nitro benzene ring substituents is 1. The summed E-state index contributed by atoms with van der Waals surface area (Å²) in [5.74, 6) is 0.426. The number of carbonyl (C=O) groups is 1. The molecular weight excluding hydrogens is 486 g/mol. The average Bonchev–Trinajstić information content (AvgIpc) is 3.17. The number of hydrogen-bond donors (Lipinski definition) is 0. The average molecular weight is 510 g/mol. The number of aromatic nitrogens is 1. The van der Waals surface area contributed by atoms with Crippen LogP contribution in [0.25, 0.3) is 6.08 Å². The highest BCUT2D eigenvalue weighted by atomic mass is 32.1. The molecule has 1 unspecified atom stereocenters. The van der Waals surface area contributed by atoms with Crippen molar-refractivity contribution >= 4 is 29.1 Å². The van der Waals surface area contributed by atoms with Crippen molar-refractivity contribution in [2.75, 3.05) is 20.8 Å². The van der Waals surface area contributed by atoms with Gasteiger partial charge in [-0.25, -0.2) is 9.79 Å². The van der Waals surface area contributed by atoms with E-state index in [1.807, 2.05) is 0 Å². The Morgan fingerprint density at radius 1 is 1.19 bits per heavy atom. The van der Waals surface area contributed by atoms with Gasteiger partial charge in [0, 0.05) is 12.1 Å². The lowest BCUT2D eigenvalue weighted by Gasteiger charge is -2.24. The fourth-order valence-corrected chi connectivity index (χ4v) is 5.06. The minimum absolute atomic E-state index is 0.126. The second-order valence-electron chi connectivity index (χ2n) is 7.77. The number of hydrogen-bond acceptors (Lipinski definition) is 9. The molecule has 0 radical (unpaired) electrons. The molecule has 4 rings (SSSR count). The number of fused-ring (bicyclic) bond motifs is 1. The molecule has 1 aromatic heterocycles. The van der Waals surface area contributed by atoms with Crippen molar-refractivity contribution in [3.63, 3.8) is 0 Å². The Labute approximate surface area is 209 Å². The van der Waals surface area contributed by atoms with Crippen molar-refractivity contribution in [2.45, 2.75) is 19.9 Å². The molecule has 1 aliphatic rings. The first kappa shape index (κ1) is 24.9. The molecule has 0 bridgehead atoms. The number of esters is 1. The van der Waals surface area contributed by atoms with Crippen LogP contribution in [0.5, 0.6) is 11.5 Å². The molecule has 1 atom stereocenters. The highest BCUT2D eigenvalue weighted by molar-refractivity contribution is 7.07. The SMILES string of the molecule is CCOC(=O)C1=C(C)N=c2s/c(=C/c3ccc(OC)c(OC)c3)c(=O)n2C1c1cccc([N+](=O)[O-])c1. The highest BCUT2D eigenvalue weighted by Gasteiger charge is 2.34. The third-order valence-electron chi connectivity index (χ3n) is 5.62. The summed E-state index contributed by atoms with van der Waals surface area (Å²) in [7, 11) is 3.06. The van der Waals surface area contributed by atoms with E-state index in [2.05, 4.69) is 4.99 Å². The van der Waals surface area contributed by atoms with Gasteiger partial charge < -0.3 is 14.2 Å². The van der Waals surface area contributed by atoms with Gasteiger partial charge in [0.25, 0.3) is 11.2 Å². The predicted octanol–water partition coefficient (Wildman–Crippen LogP) is 2.72. The summed E-state index contributed by atoms with van der Waals surface area (Å²) < 4.78 is 17.6. The molecule has 0 spiro atoms. The molecule has 0 saturated carbocycles. The molecule has 3 aromatic rings. The van der Waals surface area contributed by atoms with Crippen LogP contribution in [0, 0.1) is 10.1 Å². The number of rotatable bonds is 7. The summed E-state index contributed by atoms with van der Waals surface area (Å²) >= 11 is 1.16. The molecule has 0 amide bonds. The largest absolute Gasteiger partial charge is 0.493 e. The van der Waals surface area contributed by atoms with Gasteiger partial charge in [-0.3, -0.25) is 19.5 Å². The normalized spacial score (nSPS) is 15.2. The Morgan fingerprint density at radius 3 is 2.61 bits per heavy atom. The third-order valence-corrected chi connectivity index (χ3v) is 6.60. The zero-order valence-corrected chi connectivity index (χ0v) is 20.8. The van der Waals surface area contributed by atoms with E-state index in [-0.39, 0.29) is 23.4 Å². The molecule has 0 aliphatic carbocycles. The van der Waals surface area contributed by atoms with E-state index in [0.717, 1.165) is 11.3 Å². The summed E-state index contributed by atoms with van der Waals surface area (Å²) in [5.41, 5.74) is 1.09. The van der Waals surface area contributed by atoms with Gasteiger partial charge in [0.2, 0.25) is 0 Å². The van der Waals surface area contributed by atoms with Crippen molar-refractivity contribution in [2.24, 2.45) is 4.99 Å². The first-order chi connectivity index (χ1) is 17.3. The fraction of sp³-hybridized carbons (Fsp3) is 0.240. The lowest BCUT2D eigenvalue weighted by atomic mass is 9.95. The van der Waals surface area contributed by atoms with Crippen LogP contribution in [0.1, 0.15) is 31.0 Å². The maximum absolute atomic E-state index is 13.6. The van der Waals surface area contributed by atoms with Crippen molar-refractivity contribution in [3.05, 3.63) is 94.7 Å². The number of nitro groups is 1. The van der Waals surface area contributed by atoms with Crippen LogP contribution >= 0.6 is 11.3 Å². The first-order valence-corrected chi connectivity index (χ1v) is 11.8. The van der Waals surface area contributed by atoms with Gasteiger partial charge in [-0.05, 0) is 43.2 Å². The quantitative estimate of drug-likeness (QED) is 0.273. The molecule has 186 valence electrons. The third kappa shape index (κ3) is 4.52. The van der Waals surface area contributed by atoms with Gasteiger partial charge in [-0.1, -0.05) is 29.5 Å². The Bertz CT molecular complexity index is 1570. The number of thiazole rings is 1.